The van der Waals surface area contributed by atoms with Crippen molar-refractivity contribution in [1.82, 2.24) is 15.2 Å². The number of nitrogens with one attached hydrogen (secondary N) is 2. The summed E-state index contributed by atoms with van der Waals surface area (Å²) in [7, 11) is 0. The Kier molecular flexibility index (Phi) is 4.20. The summed E-state index contributed by atoms with van der Waals surface area (Å²) in [6.07, 6.45) is 1.09. The highest BCUT2D eigenvalue weighted by atomic mass is 19.2. The fourth-order valence-corrected chi connectivity index (χ4v) is 2.78. The quantitative estimate of drug-likeness (QED) is 0.802. The Morgan fingerprint density at radius 3 is 2.79 bits per heavy atom. The van der Waals surface area contributed by atoms with Crippen LogP contribution in [-0.2, 0) is 0 Å². The van der Waals surface area contributed by atoms with Gasteiger partial charge < -0.3 is 20.3 Å². The van der Waals surface area contributed by atoms with Crippen LogP contribution in [0.3, 0.4) is 0 Å². The summed E-state index contributed by atoms with van der Waals surface area (Å²) < 4.78 is 28.2. The number of carbonyl (C=O) groups excluding carboxylic acids is 1. The third-order valence-electron chi connectivity index (χ3n) is 3.98. The van der Waals surface area contributed by atoms with Gasteiger partial charge in [0.25, 0.3) is 5.91 Å². The molecule has 0 fully saturated rings. The van der Waals surface area contributed by atoms with E-state index in [1.807, 2.05) is 0 Å². The molecule has 1 aromatic heterocycles. The van der Waals surface area contributed by atoms with Crippen LogP contribution in [-0.4, -0.2) is 34.8 Å². The SMILES string of the molecule is O=C(O)NCCC1CNC(=O)c2cc(-c3ccc(F)c(F)c3)cn21. The maximum Gasteiger partial charge on any atom is 0.404 e. The molecular formula is C16H15F2N3O3. The zero-order chi connectivity index (χ0) is 17.3. The van der Waals surface area contributed by atoms with Gasteiger partial charge in [-0.05, 0) is 30.2 Å². The first-order chi connectivity index (χ1) is 11.5. The summed E-state index contributed by atoms with van der Waals surface area (Å²) in [6, 6.07) is 5.05. The van der Waals surface area contributed by atoms with Crippen LogP contribution in [0, 0.1) is 11.6 Å². The average molecular weight is 335 g/mol. The van der Waals surface area contributed by atoms with E-state index in [9.17, 15) is 18.4 Å². The van der Waals surface area contributed by atoms with E-state index < -0.39 is 17.7 Å². The molecule has 1 aromatic carbocycles. The second kappa shape index (κ2) is 6.31. The molecule has 3 rings (SSSR count). The molecule has 0 radical (unpaired) electrons. The minimum Gasteiger partial charge on any atom is -0.465 e. The summed E-state index contributed by atoms with van der Waals surface area (Å²) >= 11 is 0. The molecule has 0 spiro atoms. The lowest BCUT2D eigenvalue weighted by Gasteiger charge is -2.26. The lowest BCUT2D eigenvalue weighted by molar-refractivity contribution is 0.0912. The highest BCUT2D eigenvalue weighted by molar-refractivity contribution is 5.95. The van der Waals surface area contributed by atoms with Crippen LogP contribution in [0.15, 0.2) is 30.5 Å². The standard InChI is InChI=1S/C16H15F2N3O3/c17-12-2-1-9(5-13(12)18)10-6-14-15(22)20-7-11(21(14)8-10)3-4-19-16(23)24/h1-2,5-6,8,11,19H,3-4,7H2,(H,20,22)(H,23,24). The van der Waals surface area contributed by atoms with Gasteiger partial charge in [0.15, 0.2) is 11.6 Å². The van der Waals surface area contributed by atoms with E-state index in [1.165, 1.54) is 6.07 Å². The van der Waals surface area contributed by atoms with Gasteiger partial charge in [0.2, 0.25) is 0 Å². The van der Waals surface area contributed by atoms with Gasteiger partial charge in [-0.3, -0.25) is 4.79 Å². The van der Waals surface area contributed by atoms with E-state index >= 15 is 0 Å². The second-order valence-corrected chi connectivity index (χ2v) is 5.53. The maximum absolute atomic E-state index is 13.4. The van der Waals surface area contributed by atoms with Crippen molar-refractivity contribution in [2.45, 2.75) is 12.5 Å². The topological polar surface area (TPSA) is 83.4 Å². The first-order valence-electron chi connectivity index (χ1n) is 7.38. The first kappa shape index (κ1) is 16.0. The lowest BCUT2D eigenvalue weighted by atomic mass is 10.1. The molecule has 2 heterocycles. The van der Waals surface area contributed by atoms with Gasteiger partial charge in [-0.15, -0.1) is 0 Å². The number of hydrogen-bond donors (Lipinski definition) is 3. The smallest absolute Gasteiger partial charge is 0.404 e. The molecule has 3 N–H and O–H groups in total. The minimum absolute atomic E-state index is 0.122. The lowest BCUT2D eigenvalue weighted by Crippen LogP contribution is -2.39. The predicted octanol–water partition coefficient (Wildman–Crippen LogP) is 2.38. The van der Waals surface area contributed by atoms with Crippen molar-refractivity contribution in [1.29, 1.82) is 0 Å². The van der Waals surface area contributed by atoms with E-state index in [2.05, 4.69) is 10.6 Å². The van der Waals surface area contributed by atoms with Crippen LogP contribution < -0.4 is 10.6 Å². The van der Waals surface area contributed by atoms with E-state index in [0.717, 1.165) is 12.1 Å². The zero-order valence-corrected chi connectivity index (χ0v) is 12.6. The molecule has 1 atom stereocenters. The number of carbonyl (C=O) groups is 2. The summed E-state index contributed by atoms with van der Waals surface area (Å²) in [4.78, 5) is 22.5. The number of nitrogens with zero attached hydrogens (tertiary/aromatic N) is 1. The van der Waals surface area contributed by atoms with Crippen molar-refractivity contribution in [3.63, 3.8) is 0 Å². The normalized spacial score (nSPS) is 16.4. The number of fused-ring (bicyclic) bond motifs is 1. The Hall–Kier alpha value is -2.90. The highest BCUT2D eigenvalue weighted by Crippen LogP contribution is 2.28. The largest absolute Gasteiger partial charge is 0.465 e. The Labute approximate surface area is 136 Å². The van der Waals surface area contributed by atoms with Gasteiger partial charge in [0.05, 0.1) is 6.04 Å². The molecular weight excluding hydrogens is 320 g/mol. The number of amides is 2. The van der Waals surface area contributed by atoms with Crippen LogP contribution >= 0.6 is 0 Å². The zero-order valence-electron chi connectivity index (χ0n) is 12.6. The molecule has 126 valence electrons. The number of carboxylic acid groups (broad SMARTS) is 1. The van der Waals surface area contributed by atoms with Gasteiger partial charge in [0, 0.05) is 24.8 Å². The van der Waals surface area contributed by atoms with Gasteiger partial charge in [0.1, 0.15) is 5.69 Å². The van der Waals surface area contributed by atoms with Crippen LogP contribution in [0.4, 0.5) is 13.6 Å². The average Bonchev–Trinajstić information content (AvgIpc) is 2.98. The van der Waals surface area contributed by atoms with Crippen LogP contribution in [0.2, 0.25) is 0 Å². The molecule has 0 aliphatic carbocycles. The molecule has 8 heteroatoms. The van der Waals surface area contributed by atoms with E-state index in [4.69, 9.17) is 5.11 Å². The highest BCUT2D eigenvalue weighted by Gasteiger charge is 2.25. The minimum atomic E-state index is -1.11. The fraction of sp³-hybridized carbons (Fsp3) is 0.250. The fourth-order valence-electron chi connectivity index (χ4n) is 2.78. The third-order valence-corrected chi connectivity index (χ3v) is 3.98. The first-order valence-corrected chi connectivity index (χ1v) is 7.38. The van der Waals surface area contributed by atoms with Crippen molar-refractivity contribution in [3.8, 4) is 11.1 Å². The third kappa shape index (κ3) is 3.08. The molecule has 2 aromatic rings. The molecule has 1 aliphatic rings. The summed E-state index contributed by atoms with van der Waals surface area (Å²) in [5.74, 6) is -2.15. The Morgan fingerprint density at radius 1 is 1.29 bits per heavy atom. The van der Waals surface area contributed by atoms with Crippen molar-refractivity contribution in [2.75, 3.05) is 13.1 Å². The number of aromatic nitrogens is 1. The summed E-state index contributed by atoms with van der Waals surface area (Å²) in [5, 5.41) is 13.7. The molecule has 6 nitrogen and oxygen atoms in total. The predicted molar refractivity (Wildman–Crippen MR) is 81.8 cm³/mol. The van der Waals surface area contributed by atoms with Crippen molar-refractivity contribution < 1.29 is 23.5 Å². The van der Waals surface area contributed by atoms with Crippen LogP contribution in [0.5, 0.6) is 0 Å². The molecule has 0 saturated heterocycles. The van der Waals surface area contributed by atoms with Crippen molar-refractivity contribution in [2.24, 2.45) is 0 Å². The van der Waals surface area contributed by atoms with E-state index in [-0.39, 0.29) is 18.5 Å². The van der Waals surface area contributed by atoms with Gasteiger partial charge in [-0.2, -0.15) is 0 Å². The molecule has 0 bridgehead atoms. The number of halogens is 2. The molecule has 24 heavy (non-hydrogen) atoms. The van der Waals surface area contributed by atoms with Gasteiger partial charge >= 0.3 is 6.09 Å². The van der Waals surface area contributed by atoms with Gasteiger partial charge in [-0.1, -0.05) is 6.07 Å². The Bertz CT molecular complexity index is 804. The Balaban J connectivity index is 1.88. The molecule has 0 saturated carbocycles. The summed E-state index contributed by atoms with van der Waals surface area (Å²) in [6.45, 7) is 0.618. The number of benzene rings is 1. The molecule has 1 aliphatic heterocycles. The van der Waals surface area contributed by atoms with Crippen LogP contribution in [0.25, 0.3) is 11.1 Å². The Morgan fingerprint density at radius 2 is 2.08 bits per heavy atom. The monoisotopic (exact) mass is 335 g/mol. The molecule has 1 unspecified atom stereocenters. The van der Waals surface area contributed by atoms with E-state index in [0.29, 0.717) is 29.8 Å². The maximum atomic E-state index is 13.4. The second-order valence-electron chi connectivity index (χ2n) is 5.53. The number of hydrogen-bond acceptors (Lipinski definition) is 2. The van der Waals surface area contributed by atoms with Crippen LogP contribution in [0.1, 0.15) is 23.0 Å². The summed E-state index contributed by atoms with van der Waals surface area (Å²) in [5.41, 5.74) is 1.46. The van der Waals surface area contributed by atoms with Gasteiger partial charge in [-0.25, -0.2) is 13.6 Å². The number of rotatable bonds is 4. The van der Waals surface area contributed by atoms with E-state index in [1.54, 1.807) is 16.8 Å². The van der Waals surface area contributed by atoms with Crippen molar-refractivity contribution in [3.05, 3.63) is 47.8 Å². The van der Waals surface area contributed by atoms with Crippen molar-refractivity contribution >= 4 is 12.0 Å². The molecule has 2 amide bonds.